The molecule has 1 saturated heterocycles. The van der Waals surface area contributed by atoms with Gasteiger partial charge in [0.05, 0.1) is 28.3 Å². The van der Waals surface area contributed by atoms with Gasteiger partial charge in [0.1, 0.15) is 11.9 Å². The summed E-state index contributed by atoms with van der Waals surface area (Å²) < 4.78 is 12.5. The van der Waals surface area contributed by atoms with Gasteiger partial charge in [0, 0.05) is 12.8 Å². The average molecular weight is 310 g/mol. The molecule has 0 aromatic heterocycles. The van der Waals surface area contributed by atoms with Gasteiger partial charge in [-0.3, -0.25) is 0 Å². The first-order valence-corrected chi connectivity index (χ1v) is 6.89. The van der Waals surface area contributed by atoms with Crippen LogP contribution in [0.4, 0.5) is 0 Å². The van der Waals surface area contributed by atoms with E-state index in [2.05, 4.69) is 35.8 Å². The fourth-order valence-corrected chi connectivity index (χ4v) is 2.76. The summed E-state index contributed by atoms with van der Waals surface area (Å²) >= 11 is 3.44. The maximum Gasteiger partial charge on any atom is 0.133 e. The molecule has 0 saturated carbocycles. The summed E-state index contributed by atoms with van der Waals surface area (Å²) in [4.78, 5) is 0. The van der Waals surface area contributed by atoms with Crippen LogP contribution in [-0.2, 0) is 4.74 Å². The first kappa shape index (κ1) is 13.4. The topological polar surface area (TPSA) is 42.2 Å². The number of nitrogens with zero attached hydrogens (tertiary/aromatic N) is 1. The highest BCUT2D eigenvalue weighted by Gasteiger charge is 2.26. The highest BCUT2D eigenvalue weighted by atomic mass is 79.9. The van der Waals surface area contributed by atoms with Crippen molar-refractivity contribution in [2.75, 3.05) is 0 Å². The van der Waals surface area contributed by atoms with E-state index >= 15 is 0 Å². The van der Waals surface area contributed by atoms with E-state index in [9.17, 15) is 0 Å². The minimum absolute atomic E-state index is 0.174. The molecule has 0 radical (unpaired) electrons. The van der Waals surface area contributed by atoms with Gasteiger partial charge in [-0.2, -0.15) is 5.26 Å². The van der Waals surface area contributed by atoms with E-state index in [1.807, 2.05) is 6.07 Å². The predicted molar refractivity (Wildman–Crippen MR) is 72.5 cm³/mol. The Kier molecular flexibility index (Phi) is 4.26. The lowest BCUT2D eigenvalue weighted by Gasteiger charge is -2.32. The monoisotopic (exact) mass is 309 g/mol. The van der Waals surface area contributed by atoms with Crippen LogP contribution in [0.3, 0.4) is 0 Å². The van der Waals surface area contributed by atoms with Crippen LogP contribution < -0.4 is 4.74 Å². The Morgan fingerprint density at radius 2 is 2.00 bits per heavy atom. The number of rotatable bonds is 2. The molecular formula is C14H16BrNO2. The largest absolute Gasteiger partial charge is 0.489 e. The van der Waals surface area contributed by atoms with Gasteiger partial charge in [-0.05, 0) is 48.0 Å². The number of ether oxygens (including phenoxy) is 2. The molecule has 3 nitrogen and oxygen atoms in total. The molecule has 2 rings (SSSR count). The minimum atomic E-state index is 0.174. The van der Waals surface area contributed by atoms with Gasteiger partial charge in [0.25, 0.3) is 0 Å². The third-order valence-electron chi connectivity index (χ3n) is 3.01. The van der Waals surface area contributed by atoms with Gasteiger partial charge in [-0.25, -0.2) is 0 Å². The normalized spacial score (nSPS) is 27.6. The van der Waals surface area contributed by atoms with E-state index in [1.54, 1.807) is 12.1 Å². The van der Waals surface area contributed by atoms with Gasteiger partial charge < -0.3 is 9.47 Å². The number of benzene rings is 1. The molecule has 1 heterocycles. The van der Waals surface area contributed by atoms with Crippen molar-refractivity contribution in [3.8, 4) is 11.8 Å². The van der Waals surface area contributed by atoms with Crippen molar-refractivity contribution in [3.63, 3.8) is 0 Å². The van der Waals surface area contributed by atoms with E-state index in [0.717, 1.165) is 23.1 Å². The summed E-state index contributed by atoms with van der Waals surface area (Å²) in [6, 6.07) is 7.50. The van der Waals surface area contributed by atoms with Gasteiger partial charge >= 0.3 is 0 Å². The van der Waals surface area contributed by atoms with Crippen LogP contribution in [0.15, 0.2) is 22.7 Å². The fourth-order valence-electron chi connectivity index (χ4n) is 2.29. The summed E-state index contributed by atoms with van der Waals surface area (Å²) in [6.45, 7) is 4.14. The second-order valence-corrected chi connectivity index (χ2v) is 5.58. The lowest BCUT2D eigenvalue weighted by molar-refractivity contribution is -0.0722. The van der Waals surface area contributed by atoms with Crippen molar-refractivity contribution >= 4 is 15.9 Å². The quantitative estimate of drug-likeness (QED) is 0.837. The van der Waals surface area contributed by atoms with Gasteiger partial charge in [0.2, 0.25) is 0 Å². The second-order valence-electron chi connectivity index (χ2n) is 4.73. The van der Waals surface area contributed by atoms with Crippen LogP contribution in [0.5, 0.6) is 5.75 Å². The Morgan fingerprint density at radius 1 is 1.33 bits per heavy atom. The zero-order valence-electron chi connectivity index (χ0n) is 10.5. The Balaban J connectivity index is 2.07. The number of hydrogen-bond acceptors (Lipinski definition) is 3. The molecule has 2 atom stereocenters. The summed E-state index contributed by atoms with van der Waals surface area (Å²) in [7, 11) is 0. The number of hydrogen-bond donors (Lipinski definition) is 0. The van der Waals surface area contributed by atoms with Crippen molar-refractivity contribution in [2.24, 2.45) is 0 Å². The Hall–Kier alpha value is -1.05. The SMILES string of the molecule is CC1CC(Oc2ccc(C#N)cc2Br)CC(C)O1. The molecule has 1 fully saturated rings. The molecular weight excluding hydrogens is 294 g/mol. The molecule has 0 bridgehead atoms. The van der Waals surface area contributed by atoms with E-state index < -0.39 is 0 Å². The molecule has 96 valence electrons. The molecule has 1 aromatic rings. The van der Waals surface area contributed by atoms with E-state index in [-0.39, 0.29) is 18.3 Å². The second kappa shape index (κ2) is 5.73. The smallest absolute Gasteiger partial charge is 0.133 e. The van der Waals surface area contributed by atoms with Crippen molar-refractivity contribution < 1.29 is 9.47 Å². The minimum Gasteiger partial charge on any atom is -0.489 e. The molecule has 1 aromatic carbocycles. The van der Waals surface area contributed by atoms with Crippen LogP contribution >= 0.6 is 15.9 Å². The Labute approximate surface area is 116 Å². The zero-order chi connectivity index (χ0) is 13.1. The summed E-state index contributed by atoms with van der Waals surface area (Å²) in [5.41, 5.74) is 0.628. The van der Waals surface area contributed by atoms with Crippen LogP contribution in [-0.4, -0.2) is 18.3 Å². The lowest BCUT2D eigenvalue weighted by Crippen LogP contribution is -2.35. The van der Waals surface area contributed by atoms with Gasteiger partial charge in [-0.15, -0.1) is 0 Å². The molecule has 0 spiro atoms. The fraction of sp³-hybridized carbons (Fsp3) is 0.500. The lowest BCUT2D eigenvalue weighted by atomic mass is 10.0. The molecule has 0 aliphatic carbocycles. The van der Waals surface area contributed by atoms with Crippen LogP contribution in [0.1, 0.15) is 32.3 Å². The summed E-state index contributed by atoms with van der Waals surface area (Å²) in [5, 5.41) is 8.82. The van der Waals surface area contributed by atoms with E-state index in [0.29, 0.717) is 5.56 Å². The highest BCUT2D eigenvalue weighted by molar-refractivity contribution is 9.10. The molecule has 0 amide bonds. The third-order valence-corrected chi connectivity index (χ3v) is 3.63. The maximum absolute atomic E-state index is 8.82. The first-order valence-electron chi connectivity index (χ1n) is 6.10. The molecule has 1 aliphatic heterocycles. The summed E-state index contributed by atoms with van der Waals surface area (Å²) in [6.07, 6.45) is 2.44. The zero-order valence-corrected chi connectivity index (χ0v) is 12.1. The van der Waals surface area contributed by atoms with Crippen LogP contribution in [0.2, 0.25) is 0 Å². The number of halogens is 1. The van der Waals surface area contributed by atoms with E-state index in [1.165, 1.54) is 0 Å². The van der Waals surface area contributed by atoms with Crippen molar-refractivity contribution in [1.82, 2.24) is 0 Å². The van der Waals surface area contributed by atoms with Crippen LogP contribution in [0, 0.1) is 11.3 Å². The summed E-state index contributed by atoms with van der Waals surface area (Å²) in [5.74, 6) is 0.792. The van der Waals surface area contributed by atoms with Crippen LogP contribution in [0.25, 0.3) is 0 Å². The maximum atomic E-state index is 8.82. The number of nitriles is 1. The molecule has 0 N–H and O–H groups in total. The Morgan fingerprint density at radius 3 is 2.56 bits per heavy atom. The standard InChI is InChI=1S/C14H16BrNO2/c1-9-5-12(6-10(2)17-9)18-14-4-3-11(8-16)7-13(14)15/h3-4,7,9-10,12H,5-6H2,1-2H3. The molecule has 2 unspecified atom stereocenters. The van der Waals surface area contributed by atoms with E-state index in [4.69, 9.17) is 14.7 Å². The molecule has 4 heteroatoms. The average Bonchev–Trinajstić information content (AvgIpc) is 2.30. The molecule has 1 aliphatic rings. The predicted octanol–water partition coefficient (Wildman–Crippen LogP) is 3.66. The highest BCUT2D eigenvalue weighted by Crippen LogP contribution is 2.30. The van der Waals surface area contributed by atoms with Gasteiger partial charge in [-0.1, -0.05) is 0 Å². The molecule has 18 heavy (non-hydrogen) atoms. The Bertz CT molecular complexity index is 459. The third kappa shape index (κ3) is 3.24. The first-order chi connectivity index (χ1) is 8.58. The van der Waals surface area contributed by atoms with Crippen molar-refractivity contribution in [1.29, 1.82) is 5.26 Å². The van der Waals surface area contributed by atoms with Crippen molar-refractivity contribution in [3.05, 3.63) is 28.2 Å². The van der Waals surface area contributed by atoms with Gasteiger partial charge in [0.15, 0.2) is 0 Å². The van der Waals surface area contributed by atoms with Crippen molar-refractivity contribution in [2.45, 2.75) is 45.0 Å².